The van der Waals surface area contributed by atoms with Gasteiger partial charge in [-0.15, -0.1) is 0 Å². The lowest BCUT2D eigenvalue weighted by atomic mass is 10.2. The van der Waals surface area contributed by atoms with Gasteiger partial charge in [-0.1, -0.05) is 49.8 Å². The summed E-state index contributed by atoms with van der Waals surface area (Å²) in [5.41, 5.74) is 0.918. The number of hydrogen-bond donors (Lipinski definition) is 0. The molecule has 1 amide bonds. The maximum atomic E-state index is 13.5. The van der Waals surface area contributed by atoms with Crippen LogP contribution in [0.3, 0.4) is 0 Å². The Labute approximate surface area is 197 Å². The summed E-state index contributed by atoms with van der Waals surface area (Å²) in [7, 11) is 0. The van der Waals surface area contributed by atoms with E-state index < -0.39 is 0 Å². The molecule has 0 N–H and O–H groups in total. The summed E-state index contributed by atoms with van der Waals surface area (Å²) in [5, 5.41) is 0. The highest BCUT2D eigenvalue weighted by atomic mass is 32.2. The molecule has 7 nitrogen and oxygen atoms in total. The zero-order valence-electron chi connectivity index (χ0n) is 18.2. The predicted octanol–water partition coefficient (Wildman–Crippen LogP) is 2.98. The highest BCUT2D eigenvalue weighted by Gasteiger charge is 2.38. The van der Waals surface area contributed by atoms with E-state index in [1.807, 2.05) is 18.2 Å². The van der Waals surface area contributed by atoms with Gasteiger partial charge in [0.05, 0.1) is 10.5 Å². The number of nitrogens with zero attached hydrogens (tertiary/aromatic N) is 5. The summed E-state index contributed by atoms with van der Waals surface area (Å²) in [4.78, 5) is 38.4. The number of anilines is 1. The van der Waals surface area contributed by atoms with Crippen molar-refractivity contribution in [1.29, 1.82) is 0 Å². The Morgan fingerprint density at radius 1 is 1.16 bits per heavy atom. The van der Waals surface area contributed by atoms with Crippen molar-refractivity contribution in [2.24, 2.45) is 0 Å². The van der Waals surface area contributed by atoms with Gasteiger partial charge in [0, 0.05) is 38.4 Å². The van der Waals surface area contributed by atoms with Gasteiger partial charge in [0.1, 0.15) is 15.8 Å². The summed E-state index contributed by atoms with van der Waals surface area (Å²) < 4.78 is 2.15. The Bertz CT molecular complexity index is 1150. The van der Waals surface area contributed by atoms with Crippen LogP contribution in [-0.4, -0.2) is 68.2 Å². The van der Waals surface area contributed by atoms with Crippen molar-refractivity contribution in [3.8, 4) is 0 Å². The molecule has 2 aromatic heterocycles. The van der Waals surface area contributed by atoms with Crippen molar-refractivity contribution in [1.82, 2.24) is 19.2 Å². The second-order valence-corrected chi connectivity index (χ2v) is 10.2. The van der Waals surface area contributed by atoms with Crippen LogP contribution < -0.4 is 10.5 Å². The Morgan fingerprint density at radius 2 is 1.91 bits per heavy atom. The van der Waals surface area contributed by atoms with E-state index in [0.29, 0.717) is 26.3 Å². The number of aromatic nitrogens is 2. The van der Waals surface area contributed by atoms with Gasteiger partial charge in [-0.2, -0.15) is 0 Å². The highest BCUT2D eigenvalue weighted by molar-refractivity contribution is 8.26. The molecule has 0 bridgehead atoms. The number of piperazine rings is 1. The molecule has 5 rings (SSSR count). The van der Waals surface area contributed by atoms with Crippen LogP contribution >= 0.6 is 24.0 Å². The lowest BCUT2D eigenvalue weighted by molar-refractivity contribution is -0.123. The van der Waals surface area contributed by atoms with Gasteiger partial charge in [-0.3, -0.25) is 18.9 Å². The first-order chi connectivity index (χ1) is 15.6. The molecule has 168 valence electrons. The molecular weight excluding hydrogens is 442 g/mol. The fourth-order valence-corrected chi connectivity index (χ4v) is 6.20. The lowest BCUT2D eigenvalue weighted by Gasteiger charge is -2.35. The topological polar surface area (TPSA) is 61.2 Å². The van der Waals surface area contributed by atoms with Crippen LogP contribution in [0.1, 0.15) is 38.2 Å². The third kappa shape index (κ3) is 3.86. The SMILES string of the molecule is CCN1CCN(c2nc3ccccn3c(=O)c2/C=C2/SC(=S)N(C3CCCC3)C2=O)CC1. The predicted molar refractivity (Wildman–Crippen MR) is 133 cm³/mol. The van der Waals surface area contributed by atoms with E-state index in [4.69, 9.17) is 17.2 Å². The van der Waals surface area contributed by atoms with Crippen LogP contribution in [0.4, 0.5) is 5.82 Å². The molecule has 0 atom stereocenters. The molecule has 0 spiro atoms. The molecule has 2 aliphatic heterocycles. The molecule has 3 fully saturated rings. The van der Waals surface area contributed by atoms with Crippen LogP contribution in [0.5, 0.6) is 0 Å². The minimum Gasteiger partial charge on any atom is -0.353 e. The average molecular weight is 470 g/mol. The summed E-state index contributed by atoms with van der Waals surface area (Å²) >= 11 is 6.86. The number of pyridine rings is 1. The molecule has 0 unspecified atom stereocenters. The maximum Gasteiger partial charge on any atom is 0.267 e. The van der Waals surface area contributed by atoms with E-state index in [0.717, 1.165) is 58.4 Å². The van der Waals surface area contributed by atoms with Crippen molar-refractivity contribution in [2.75, 3.05) is 37.6 Å². The third-order valence-corrected chi connectivity index (χ3v) is 7.99. The molecular formula is C23H27N5O2S2. The van der Waals surface area contributed by atoms with Crippen LogP contribution in [0.2, 0.25) is 0 Å². The van der Waals surface area contributed by atoms with Crippen LogP contribution in [0.15, 0.2) is 34.1 Å². The molecule has 0 aromatic carbocycles. The van der Waals surface area contributed by atoms with Crippen molar-refractivity contribution in [2.45, 2.75) is 38.6 Å². The van der Waals surface area contributed by atoms with E-state index in [2.05, 4.69) is 16.7 Å². The number of amides is 1. The Balaban J connectivity index is 1.57. The van der Waals surface area contributed by atoms with Gasteiger partial charge in [0.25, 0.3) is 11.5 Å². The number of thiocarbonyl (C=S) groups is 1. The van der Waals surface area contributed by atoms with Gasteiger partial charge in [0.15, 0.2) is 0 Å². The van der Waals surface area contributed by atoms with E-state index in [1.165, 1.54) is 11.8 Å². The standard InChI is InChI=1S/C23H27N5O2S2/c1-2-25-11-13-26(14-12-25)20-17(21(29)27-10-6-5-9-19(27)24-20)15-18-22(30)28(23(31)32-18)16-7-3-4-8-16/h5-6,9-10,15-16H,2-4,7-8,11-14H2,1H3/b18-15+. The molecule has 4 heterocycles. The number of thioether (sulfide) groups is 1. The Morgan fingerprint density at radius 3 is 2.62 bits per heavy atom. The Hall–Kier alpha value is -2.23. The monoisotopic (exact) mass is 469 g/mol. The first-order valence-corrected chi connectivity index (χ1v) is 12.5. The van der Waals surface area contributed by atoms with Crippen LogP contribution in [0.25, 0.3) is 11.7 Å². The van der Waals surface area contributed by atoms with Gasteiger partial charge >= 0.3 is 0 Å². The van der Waals surface area contributed by atoms with Gasteiger partial charge in [-0.25, -0.2) is 4.98 Å². The molecule has 1 aliphatic carbocycles. The summed E-state index contributed by atoms with van der Waals surface area (Å²) in [6.07, 6.45) is 7.70. The second-order valence-electron chi connectivity index (χ2n) is 8.49. The quantitative estimate of drug-likeness (QED) is 0.504. The molecule has 1 saturated carbocycles. The van der Waals surface area contributed by atoms with Gasteiger partial charge in [-0.05, 0) is 37.6 Å². The lowest BCUT2D eigenvalue weighted by Crippen LogP contribution is -2.47. The molecule has 2 saturated heterocycles. The fraction of sp³-hybridized carbons (Fsp3) is 0.478. The van der Waals surface area contributed by atoms with Crippen LogP contribution in [0, 0.1) is 0 Å². The van der Waals surface area contributed by atoms with E-state index in [-0.39, 0.29) is 17.5 Å². The second kappa shape index (κ2) is 8.96. The highest BCUT2D eigenvalue weighted by Crippen LogP contribution is 2.38. The smallest absolute Gasteiger partial charge is 0.267 e. The normalized spacial score (nSPS) is 22.1. The van der Waals surface area contributed by atoms with Gasteiger partial charge < -0.3 is 9.80 Å². The number of carbonyl (C=O) groups excluding carboxylic acids is 1. The minimum atomic E-state index is -0.158. The van der Waals surface area contributed by atoms with Crippen molar-refractivity contribution in [3.05, 3.63) is 45.2 Å². The zero-order valence-corrected chi connectivity index (χ0v) is 19.8. The average Bonchev–Trinajstić information content (AvgIpc) is 3.43. The largest absolute Gasteiger partial charge is 0.353 e. The maximum absolute atomic E-state index is 13.5. The number of rotatable bonds is 4. The van der Waals surface area contributed by atoms with E-state index >= 15 is 0 Å². The molecule has 3 aliphatic rings. The van der Waals surface area contributed by atoms with Gasteiger partial charge in [0.2, 0.25) is 0 Å². The number of fused-ring (bicyclic) bond motifs is 1. The van der Waals surface area contributed by atoms with Crippen molar-refractivity contribution >= 4 is 51.7 Å². The number of likely N-dealkylation sites (N-methyl/N-ethyl adjacent to an activating group) is 1. The minimum absolute atomic E-state index is 0.0776. The number of hydrogen-bond acceptors (Lipinski definition) is 7. The first-order valence-electron chi connectivity index (χ1n) is 11.3. The van der Waals surface area contributed by atoms with E-state index in [9.17, 15) is 9.59 Å². The van der Waals surface area contributed by atoms with Crippen molar-refractivity contribution < 1.29 is 4.79 Å². The summed E-state index contributed by atoms with van der Waals surface area (Å²) in [6, 6.07) is 5.73. The fourth-order valence-electron chi connectivity index (χ4n) is 4.82. The van der Waals surface area contributed by atoms with Crippen LogP contribution in [-0.2, 0) is 4.79 Å². The summed E-state index contributed by atoms with van der Waals surface area (Å²) in [6.45, 7) is 6.62. The first kappa shape index (κ1) is 21.6. The number of carbonyl (C=O) groups is 1. The van der Waals surface area contributed by atoms with Crippen molar-refractivity contribution in [3.63, 3.8) is 0 Å². The molecule has 9 heteroatoms. The molecule has 0 radical (unpaired) electrons. The third-order valence-electron chi connectivity index (χ3n) is 6.66. The summed E-state index contributed by atoms with van der Waals surface area (Å²) in [5.74, 6) is 0.578. The molecule has 2 aromatic rings. The van der Waals surface area contributed by atoms with E-state index in [1.54, 1.807) is 21.6 Å². The molecule has 32 heavy (non-hydrogen) atoms. The Kier molecular flexibility index (Phi) is 6.05. The zero-order chi connectivity index (χ0) is 22.2.